The van der Waals surface area contributed by atoms with Crippen molar-refractivity contribution in [3.63, 3.8) is 0 Å². The van der Waals surface area contributed by atoms with Gasteiger partial charge in [0, 0.05) is 17.6 Å². The van der Waals surface area contributed by atoms with Crippen LogP contribution in [0.25, 0.3) is 0 Å². The van der Waals surface area contributed by atoms with Crippen LogP contribution in [-0.2, 0) is 0 Å². The molecule has 0 aliphatic rings. The van der Waals surface area contributed by atoms with Crippen LogP contribution < -0.4 is 5.32 Å². The minimum atomic E-state index is -0.599. The summed E-state index contributed by atoms with van der Waals surface area (Å²) in [6.07, 6.45) is 3.32. The van der Waals surface area contributed by atoms with Crippen LogP contribution in [0.1, 0.15) is 23.7 Å². The Kier molecular flexibility index (Phi) is 4.68. The molecule has 0 saturated heterocycles. The highest BCUT2D eigenvalue weighted by molar-refractivity contribution is 9.09. The second kappa shape index (κ2) is 5.80. The first kappa shape index (κ1) is 12.1. The zero-order chi connectivity index (χ0) is 11.3. The minimum Gasteiger partial charge on any atom is -0.351 e. The molecule has 0 aliphatic heterocycles. The third-order valence-electron chi connectivity index (χ3n) is 1.94. The fourth-order valence-corrected chi connectivity index (χ4v) is 1.16. The molecule has 0 aromatic carbocycles. The number of alkyl halides is 1. The van der Waals surface area contributed by atoms with Crippen molar-refractivity contribution in [1.29, 1.82) is 0 Å². The Labute approximate surface area is 96.2 Å². The molecule has 1 aromatic heterocycles. The molecule has 3 nitrogen and oxygen atoms in total. The number of amides is 1. The summed E-state index contributed by atoms with van der Waals surface area (Å²) in [5.74, 6) is -1.01. The van der Waals surface area contributed by atoms with E-state index in [9.17, 15) is 9.18 Å². The largest absolute Gasteiger partial charge is 0.351 e. The van der Waals surface area contributed by atoms with Crippen molar-refractivity contribution in [3.8, 4) is 0 Å². The van der Waals surface area contributed by atoms with E-state index in [4.69, 9.17) is 0 Å². The van der Waals surface area contributed by atoms with Crippen LogP contribution in [0.4, 0.5) is 4.39 Å². The van der Waals surface area contributed by atoms with E-state index in [1.165, 1.54) is 12.3 Å². The van der Waals surface area contributed by atoms with Crippen molar-refractivity contribution in [3.05, 3.63) is 29.8 Å². The first-order valence-electron chi connectivity index (χ1n) is 4.67. The van der Waals surface area contributed by atoms with Crippen molar-refractivity contribution in [1.82, 2.24) is 10.3 Å². The number of hydrogen-bond acceptors (Lipinski definition) is 2. The Morgan fingerprint density at radius 1 is 1.73 bits per heavy atom. The van der Waals surface area contributed by atoms with Crippen LogP contribution in [0, 0.1) is 5.82 Å². The van der Waals surface area contributed by atoms with Gasteiger partial charge in [-0.25, -0.2) is 4.39 Å². The Balaban J connectivity index is 2.58. The quantitative estimate of drug-likeness (QED) is 0.855. The molecule has 0 bridgehead atoms. The third-order valence-corrected chi connectivity index (χ3v) is 2.92. The number of carbonyl (C=O) groups excluding carboxylic acids is 1. The summed E-state index contributed by atoms with van der Waals surface area (Å²) in [5, 5.41) is 2.64. The van der Waals surface area contributed by atoms with Crippen LogP contribution >= 0.6 is 15.9 Å². The van der Waals surface area contributed by atoms with Gasteiger partial charge < -0.3 is 5.32 Å². The Hall–Kier alpha value is -0.970. The second-order valence-corrected chi connectivity index (χ2v) is 4.37. The topological polar surface area (TPSA) is 42.0 Å². The molecule has 1 aromatic rings. The molecule has 82 valence electrons. The maximum absolute atomic E-state index is 13.1. The molecule has 0 aliphatic carbocycles. The summed E-state index contributed by atoms with van der Waals surface area (Å²) >= 11 is 3.38. The first-order valence-corrected chi connectivity index (χ1v) is 5.58. The van der Waals surface area contributed by atoms with Crippen molar-refractivity contribution in [2.45, 2.75) is 18.2 Å². The zero-order valence-corrected chi connectivity index (χ0v) is 9.92. The van der Waals surface area contributed by atoms with Crippen molar-refractivity contribution < 1.29 is 9.18 Å². The number of halogens is 2. The smallest absolute Gasteiger partial charge is 0.254 e. The zero-order valence-electron chi connectivity index (χ0n) is 8.34. The lowest BCUT2D eigenvalue weighted by Crippen LogP contribution is -2.29. The molecule has 0 radical (unpaired) electrons. The third kappa shape index (κ3) is 3.58. The van der Waals surface area contributed by atoms with Gasteiger partial charge in [-0.1, -0.05) is 22.9 Å². The lowest BCUT2D eigenvalue weighted by molar-refractivity contribution is 0.0949. The van der Waals surface area contributed by atoms with Gasteiger partial charge in [-0.2, -0.15) is 0 Å². The van der Waals surface area contributed by atoms with Crippen molar-refractivity contribution >= 4 is 21.8 Å². The maximum atomic E-state index is 13.1. The maximum Gasteiger partial charge on any atom is 0.254 e. The predicted octanol–water partition coefficient (Wildman–Crippen LogP) is 2.12. The monoisotopic (exact) mass is 274 g/mol. The molecule has 0 saturated carbocycles. The summed E-state index contributed by atoms with van der Waals surface area (Å²) < 4.78 is 13.1. The highest BCUT2D eigenvalue weighted by Crippen LogP contribution is 2.06. The average molecular weight is 275 g/mol. The normalized spacial score (nSPS) is 12.2. The number of nitrogens with zero attached hydrogens (tertiary/aromatic N) is 1. The predicted molar refractivity (Wildman–Crippen MR) is 59.5 cm³/mol. The Bertz CT molecular complexity index is 346. The van der Waals surface area contributed by atoms with E-state index in [0.29, 0.717) is 6.54 Å². The number of carbonyl (C=O) groups is 1. The summed E-state index contributed by atoms with van der Waals surface area (Å²) in [5.41, 5.74) is 0.0285. The first-order chi connectivity index (χ1) is 7.15. The molecule has 1 atom stereocenters. The summed E-state index contributed by atoms with van der Waals surface area (Å²) in [6, 6.07) is 1.36. The molecule has 1 amide bonds. The molecule has 5 heteroatoms. The van der Waals surface area contributed by atoms with Crippen molar-refractivity contribution in [2.24, 2.45) is 0 Å². The van der Waals surface area contributed by atoms with Gasteiger partial charge in [0.25, 0.3) is 5.91 Å². The van der Waals surface area contributed by atoms with E-state index < -0.39 is 11.7 Å². The van der Waals surface area contributed by atoms with Crippen LogP contribution in [0.2, 0.25) is 0 Å². The molecular weight excluding hydrogens is 263 g/mol. The van der Waals surface area contributed by atoms with E-state index in [2.05, 4.69) is 26.2 Å². The van der Waals surface area contributed by atoms with Crippen molar-refractivity contribution in [2.75, 3.05) is 6.54 Å². The van der Waals surface area contributed by atoms with Gasteiger partial charge in [-0.15, -0.1) is 0 Å². The molecule has 0 spiro atoms. The van der Waals surface area contributed by atoms with Gasteiger partial charge in [-0.05, 0) is 12.5 Å². The molecule has 1 rings (SSSR count). The number of nitrogens with one attached hydrogen (secondary N) is 1. The number of hydrogen-bond donors (Lipinski definition) is 1. The van der Waals surface area contributed by atoms with E-state index in [-0.39, 0.29) is 10.4 Å². The summed E-state index contributed by atoms with van der Waals surface area (Å²) in [6.45, 7) is 2.48. The fourth-order valence-electron chi connectivity index (χ4n) is 1.00. The number of pyridine rings is 1. The molecule has 1 heterocycles. The van der Waals surface area contributed by atoms with Crippen LogP contribution in [0.3, 0.4) is 0 Å². The highest BCUT2D eigenvalue weighted by Gasteiger charge is 2.11. The van der Waals surface area contributed by atoms with Crippen LogP contribution in [0.15, 0.2) is 18.5 Å². The van der Waals surface area contributed by atoms with Gasteiger partial charge in [0.2, 0.25) is 0 Å². The van der Waals surface area contributed by atoms with Crippen LogP contribution in [0.5, 0.6) is 0 Å². The molecule has 15 heavy (non-hydrogen) atoms. The molecule has 1 N–H and O–H groups in total. The highest BCUT2D eigenvalue weighted by atomic mass is 79.9. The van der Waals surface area contributed by atoms with E-state index in [0.717, 1.165) is 12.6 Å². The van der Waals surface area contributed by atoms with E-state index in [1.54, 1.807) is 0 Å². The SMILES string of the molecule is CCC(Br)CNC(=O)c1ccncc1F. The number of aromatic nitrogens is 1. The Morgan fingerprint density at radius 2 is 2.47 bits per heavy atom. The van der Waals surface area contributed by atoms with Gasteiger partial charge in [0.1, 0.15) is 0 Å². The van der Waals surface area contributed by atoms with E-state index in [1.807, 2.05) is 6.92 Å². The van der Waals surface area contributed by atoms with Gasteiger partial charge >= 0.3 is 0 Å². The average Bonchev–Trinajstić information content (AvgIpc) is 2.26. The lowest BCUT2D eigenvalue weighted by atomic mass is 10.2. The van der Waals surface area contributed by atoms with E-state index >= 15 is 0 Å². The molecule has 0 fully saturated rings. The minimum absolute atomic E-state index is 0.0285. The standard InChI is InChI=1S/C10H12BrFN2O/c1-2-7(11)5-14-10(15)8-3-4-13-6-9(8)12/h3-4,6-7H,2,5H2,1H3,(H,14,15). The fraction of sp³-hybridized carbons (Fsp3) is 0.400. The van der Waals surface area contributed by atoms with Gasteiger partial charge in [0.15, 0.2) is 5.82 Å². The summed E-state index contributed by atoms with van der Waals surface area (Å²) in [4.78, 5) is 15.3. The number of rotatable bonds is 4. The van der Waals surface area contributed by atoms with Gasteiger partial charge in [0.05, 0.1) is 11.8 Å². The second-order valence-electron chi connectivity index (χ2n) is 3.07. The molecule has 1 unspecified atom stereocenters. The van der Waals surface area contributed by atoms with Crippen LogP contribution in [-0.4, -0.2) is 22.3 Å². The lowest BCUT2D eigenvalue weighted by Gasteiger charge is -2.08. The summed E-state index contributed by atoms with van der Waals surface area (Å²) in [7, 11) is 0. The Morgan fingerprint density at radius 3 is 3.07 bits per heavy atom. The molecular formula is C10H12BrFN2O. The van der Waals surface area contributed by atoms with Gasteiger partial charge in [-0.3, -0.25) is 9.78 Å².